The van der Waals surface area contributed by atoms with Crippen molar-refractivity contribution in [3.05, 3.63) is 85.3 Å². The maximum Gasteiger partial charge on any atom is 0.341 e. The minimum absolute atomic E-state index is 0.0503. The number of nitro benzene ring substituents is 2. The highest BCUT2D eigenvalue weighted by Crippen LogP contribution is 2.37. The first-order valence-corrected chi connectivity index (χ1v) is 9.79. The van der Waals surface area contributed by atoms with E-state index in [4.69, 9.17) is 4.74 Å². The maximum absolute atomic E-state index is 12.6. The van der Waals surface area contributed by atoms with Crippen molar-refractivity contribution in [2.75, 3.05) is 11.9 Å². The molecule has 0 saturated carbocycles. The molecular weight excluding hydrogens is 426 g/mol. The molecule has 31 heavy (non-hydrogen) atoms. The third kappa shape index (κ3) is 4.73. The number of benzene rings is 2. The van der Waals surface area contributed by atoms with Gasteiger partial charge in [0.25, 0.3) is 17.3 Å². The van der Waals surface area contributed by atoms with Gasteiger partial charge in [-0.05, 0) is 30.7 Å². The normalized spacial score (nSPS) is 10.4. The summed E-state index contributed by atoms with van der Waals surface area (Å²) in [4.78, 5) is 45.9. The molecule has 3 rings (SSSR count). The van der Waals surface area contributed by atoms with Crippen LogP contribution in [0, 0.1) is 20.2 Å². The molecule has 0 saturated heterocycles. The maximum atomic E-state index is 12.6. The molecule has 10 nitrogen and oxygen atoms in total. The molecule has 11 heteroatoms. The Kier molecular flexibility index (Phi) is 6.36. The van der Waals surface area contributed by atoms with Crippen LogP contribution in [0.2, 0.25) is 0 Å². The molecule has 0 unspecified atom stereocenters. The standard InChI is InChI=1S/C20H15N3O7S/c1-2-30-20(25)17-16(12-6-8-14(9-7-12)22(26)27)11-31-19(17)21-18(24)13-4-3-5-15(10-13)23(28)29/h3-11H,2H2,1H3,(H,21,24). The minimum atomic E-state index is -0.675. The summed E-state index contributed by atoms with van der Waals surface area (Å²) in [5, 5.41) is 26.2. The van der Waals surface area contributed by atoms with Crippen LogP contribution < -0.4 is 5.32 Å². The lowest BCUT2D eigenvalue weighted by Crippen LogP contribution is -2.15. The molecular formula is C20H15N3O7S. The van der Waals surface area contributed by atoms with Crippen molar-refractivity contribution in [3.63, 3.8) is 0 Å². The number of nitrogens with one attached hydrogen (secondary N) is 1. The molecule has 1 heterocycles. The second kappa shape index (κ2) is 9.13. The Hall–Kier alpha value is -4.12. The molecule has 0 aliphatic carbocycles. The van der Waals surface area contributed by atoms with E-state index in [1.807, 2.05) is 0 Å². The number of ether oxygens (including phenoxy) is 1. The molecule has 1 amide bonds. The number of thiophene rings is 1. The number of nitrogens with zero attached hydrogens (tertiary/aromatic N) is 2. The summed E-state index contributed by atoms with van der Waals surface area (Å²) in [6, 6.07) is 10.8. The van der Waals surface area contributed by atoms with Crippen LogP contribution in [0.25, 0.3) is 11.1 Å². The first-order valence-electron chi connectivity index (χ1n) is 8.91. The number of carbonyl (C=O) groups excluding carboxylic acids is 2. The molecule has 1 aromatic heterocycles. The molecule has 0 atom stereocenters. The molecule has 3 aromatic rings. The molecule has 0 fully saturated rings. The van der Waals surface area contributed by atoms with E-state index < -0.39 is 21.7 Å². The van der Waals surface area contributed by atoms with Crippen LogP contribution >= 0.6 is 11.3 Å². The van der Waals surface area contributed by atoms with Crippen LogP contribution in [0.4, 0.5) is 16.4 Å². The van der Waals surface area contributed by atoms with Crippen LogP contribution in [-0.2, 0) is 4.74 Å². The lowest BCUT2D eigenvalue weighted by molar-refractivity contribution is -0.385. The highest BCUT2D eigenvalue weighted by molar-refractivity contribution is 7.15. The van der Waals surface area contributed by atoms with Crippen LogP contribution in [-0.4, -0.2) is 28.3 Å². The molecule has 0 spiro atoms. The summed E-state index contributed by atoms with van der Waals surface area (Å²) in [5.74, 6) is -1.31. The molecule has 0 aliphatic heterocycles. The third-order valence-corrected chi connectivity index (χ3v) is 5.10. The van der Waals surface area contributed by atoms with Crippen molar-refractivity contribution >= 4 is 39.6 Å². The molecule has 2 aromatic carbocycles. The van der Waals surface area contributed by atoms with Crippen LogP contribution in [0.3, 0.4) is 0 Å². The van der Waals surface area contributed by atoms with Crippen molar-refractivity contribution in [1.29, 1.82) is 0 Å². The molecule has 0 bridgehead atoms. The van der Waals surface area contributed by atoms with E-state index in [1.165, 1.54) is 42.5 Å². The smallest absolute Gasteiger partial charge is 0.341 e. The quantitative estimate of drug-likeness (QED) is 0.319. The Morgan fingerprint density at radius 1 is 1.03 bits per heavy atom. The van der Waals surface area contributed by atoms with Gasteiger partial charge in [0.15, 0.2) is 0 Å². The zero-order valence-corrected chi connectivity index (χ0v) is 16.9. The Bertz CT molecular complexity index is 1170. The summed E-state index contributed by atoms with van der Waals surface area (Å²) < 4.78 is 5.11. The number of nitro groups is 2. The first-order chi connectivity index (χ1) is 14.8. The van der Waals surface area contributed by atoms with Crippen molar-refractivity contribution in [1.82, 2.24) is 0 Å². The van der Waals surface area contributed by atoms with Gasteiger partial charge in [0.05, 0.1) is 16.5 Å². The Labute approximate surface area is 179 Å². The summed E-state index contributed by atoms with van der Waals surface area (Å²) in [6.07, 6.45) is 0. The van der Waals surface area contributed by atoms with Crippen LogP contribution in [0.1, 0.15) is 27.6 Å². The zero-order valence-electron chi connectivity index (χ0n) is 16.1. The largest absolute Gasteiger partial charge is 0.462 e. The molecule has 0 radical (unpaired) electrons. The Morgan fingerprint density at radius 2 is 1.71 bits per heavy atom. The fourth-order valence-electron chi connectivity index (χ4n) is 2.77. The van der Waals surface area contributed by atoms with Gasteiger partial charge < -0.3 is 10.1 Å². The van der Waals surface area contributed by atoms with E-state index in [-0.39, 0.29) is 34.1 Å². The van der Waals surface area contributed by atoms with Gasteiger partial charge in [0.2, 0.25) is 0 Å². The van der Waals surface area contributed by atoms with E-state index in [9.17, 15) is 29.8 Å². The number of hydrogen-bond acceptors (Lipinski definition) is 8. The van der Waals surface area contributed by atoms with E-state index >= 15 is 0 Å². The monoisotopic (exact) mass is 441 g/mol. The van der Waals surface area contributed by atoms with Crippen LogP contribution in [0.5, 0.6) is 0 Å². The Balaban J connectivity index is 1.98. The summed E-state index contributed by atoms with van der Waals surface area (Å²) in [5.41, 5.74) is 0.772. The van der Waals surface area contributed by atoms with Crippen molar-refractivity contribution in [2.45, 2.75) is 6.92 Å². The fraction of sp³-hybridized carbons (Fsp3) is 0.100. The number of esters is 1. The van der Waals surface area contributed by atoms with Gasteiger partial charge in [-0.1, -0.05) is 6.07 Å². The second-order valence-corrected chi connectivity index (χ2v) is 7.02. The van der Waals surface area contributed by atoms with Gasteiger partial charge in [-0.15, -0.1) is 11.3 Å². The first kappa shape index (κ1) is 21.6. The van der Waals surface area contributed by atoms with Crippen molar-refractivity contribution < 1.29 is 24.2 Å². The van der Waals surface area contributed by atoms with Gasteiger partial charge in [-0.25, -0.2) is 4.79 Å². The summed E-state index contributed by atoms with van der Waals surface area (Å²) in [6.45, 7) is 1.74. The minimum Gasteiger partial charge on any atom is -0.462 e. The number of anilines is 1. The van der Waals surface area contributed by atoms with E-state index in [1.54, 1.807) is 12.3 Å². The SMILES string of the molecule is CCOC(=O)c1c(-c2ccc([N+](=O)[O-])cc2)csc1NC(=O)c1cccc([N+](=O)[O-])c1. The lowest BCUT2D eigenvalue weighted by atomic mass is 10.0. The number of carbonyl (C=O) groups is 2. The predicted octanol–water partition coefficient (Wildman–Crippen LogP) is 4.66. The lowest BCUT2D eigenvalue weighted by Gasteiger charge is -2.09. The predicted molar refractivity (Wildman–Crippen MR) is 113 cm³/mol. The molecule has 0 aliphatic rings. The average Bonchev–Trinajstić information content (AvgIpc) is 3.17. The summed E-state index contributed by atoms with van der Waals surface area (Å²) >= 11 is 1.07. The van der Waals surface area contributed by atoms with Gasteiger partial charge in [0, 0.05) is 40.8 Å². The number of hydrogen-bond donors (Lipinski definition) is 1. The summed E-state index contributed by atoms with van der Waals surface area (Å²) in [7, 11) is 0. The zero-order chi connectivity index (χ0) is 22.5. The topological polar surface area (TPSA) is 142 Å². The van der Waals surface area contributed by atoms with Crippen molar-refractivity contribution in [3.8, 4) is 11.1 Å². The highest BCUT2D eigenvalue weighted by atomic mass is 32.1. The molecule has 158 valence electrons. The number of non-ortho nitro benzene ring substituents is 2. The fourth-order valence-corrected chi connectivity index (χ4v) is 3.72. The van der Waals surface area contributed by atoms with Gasteiger partial charge in [-0.2, -0.15) is 0 Å². The van der Waals surface area contributed by atoms with Crippen LogP contribution in [0.15, 0.2) is 53.9 Å². The second-order valence-electron chi connectivity index (χ2n) is 6.14. The van der Waals surface area contributed by atoms with Gasteiger partial charge in [0.1, 0.15) is 10.6 Å². The van der Waals surface area contributed by atoms with E-state index in [0.29, 0.717) is 11.1 Å². The molecule has 1 N–H and O–H groups in total. The average molecular weight is 441 g/mol. The van der Waals surface area contributed by atoms with Gasteiger partial charge in [-0.3, -0.25) is 25.0 Å². The number of rotatable bonds is 7. The highest BCUT2D eigenvalue weighted by Gasteiger charge is 2.24. The number of amides is 1. The third-order valence-electron chi connectivity index (χ3n) is 4.21. The Morgan fingerprint density at radius 3 is 2.32 bits per heavy atom. The van der Waals surface area contributed by atoms with Crippen molar-refractivity contribution in [2.24, 2.45) is 0 Å². The van der Waals surface area contributed by atoms with E-state index in [2.05, 4.69) is 5.32 Å². The van der Waals surface area contributed by atoms with E-state index in [0.717, 1.165) is 17.4 Å². The van der Waals surface area contributed by atoms with Gasteiger partial charge >= 0.3 is 5.97 Å².